The maximum atomic E-state index is 12.2. The number of carbonyl (C=O) groups excluding carboxylic acids is 1. The van der Waals surface area contributed by atoms with Crippen LogP contribution in [0, 0.1) is 5.41 Å². The molecule has 1 aromatic carbocycles. The number of benzene rings is 1. The van der Waals surface area contributed by atoms with Crippen LogP contribution in [0.4, 0.5) is 0 Å². The summed E-state index contributed by atoms with van der Waals surface area (Å²) in [7, 11) is -4.00. The van der Waals surface area contributed by atoms with Crippen LogP contribution in [0.2, 0.25) is 0 Å². The van der Waals surface area contributed by atoms with Gasteiger partial charge in [0, 0.05) is 12.4 Å². The van der Waals surface area contributed by atoms with Crippen LogP contribution in [0.15, 0.2) is 47.9 Å². The Morgan fingerprint density at radius 2 is 2.00 bits per heavy atom. The maximum absolute atomic E-state index is 12.2. The number of rotatable bonds is 7. The van der Waals surface area contributed by atoms with Gasteiger partial charge in [0.15, 0.2) is 0 Å². The molecule has 1 heterocycles. The lowest BCUT2D eigenvalue weighted by atomic mass is 9.94. The number of ether oxygens (including phenoxy) is 1. The van der Waals surface area contributed by atoms with Gasteiger partial charge in [-0.1, -0.05) is 30.3 Å². The van der Waals surface area contributed by atoms with Crippen molar-refractivity contribution in [3.63, 3.8) is 0 Å². The minimum Gasteiger partial charge on any atom is -0.376 e. The van der Waals surface area contributed by atoms with Crippen LogP contribution < -0.4 is 4.72 Å². The highest BCUT2D eigenvalue weighted by Gasteiger charge is 2.32. The zero-order valence-electron chi connectivity index (χ0n) is 12.9. The summed E-state index contributed by atoms with van der Waals surface area (Å²) in [6, 6.07) is 9.52. The molecule has 0 atom stereocenters. The first-order chi connectivity index (χ1) is 10.8. The Morgan fingerprint density at radius 1 is 1.30 bits per heavy atom. The summed E-state index contributed by atoms with van der Waals surface area (Å²) in [6.07, 6.45) is 2.67. The zero-order chi connectivity index (χ0) is 16.9. The Labute approximate surface area is 135 Å². The van der Waals surface area contributed by atoms with Gasteiger partial charge >= 0.3 is 0 Å². The summed E-state index contributed by atoms with van der Waals surface area (Å²) < 4.78 is 31.5. The maximum Gasteiger partial charge on any atom is 0.297 e. The minimum absolute atomic E-state index is 0.0847. The van der Waals surface area contributed by atoms with Gasteiger partial charge in [0.25, 0.3) is 10.0 Å². The molecule has 0 aliphatic heterocycles. The van der Waals surface area contributed by atoms with Gasteiger partial charge < -0.3 is 9.72 Å². The highest BCUT2D eigenvalue weighted by atomic mass is 32.2. The summed E-state index contributed by atoms with van der Waals surface area (Å²) in [5.41, 5.74) is -0.0269. The monoisotopic (exact) mass is 337 g/mol. The van der Waals surface area contributed by atoms with E-state index in [1.165, 1.54) is 12.4 Å². The number of hydrogen-bond donors (Lipinski definition) is 2. The van der Waals surface area contributed by atoms with Crippen LogP contribution in [0.1, 0.15) is 19.4 Å². The van der Waals surface area contributed by atoms with Crippen molar-refractivity contribution in [1.82, 2.24) is 14.7 Å². The third-order valence-electron chi connectivity index (χ3n) is 3.14. The number of nitrogens with one attached hydrogen (secondary N) is 2. The van der Waals surface area contributed by atoms with E-state index in [0.717, 1.165) is 5.56 Å². The van der Waals surface area contributed by atoms with Crippen molar-refractivity contribution in [2.75, 3.05) is 6.61 Å². The Kier molecular flexibility index (Phi) is 5.17. The second-order valence-corrected chi connectivity index (χ2v) is 7.29. The first-order valence-corrected chi connectivity index (χ1v) is 8.48. The fourth-order valence-corrected chi connectivity index (χ4v) is 2.81. The van der Waals surface area contributed by atoms with E-state index >= 15 is 0 Å². The van der Waals surface area contributed by atoms with E-state index in [9.17, 15) is 13.2 Å². The van der Waals surface area contributed by atoms with Crippen molar-refractivity contribution in [1.29, 1.82) is 0 Å². The third-order valence-corrected chi connectivity index (χ3v) is 4.33. The second kappa shape index (κ2) is 6.93. The number of hydrogen-bond acceptors (Lipinski definition) is 5. The highest BCUT2D eigenvalue weighted by Crippen LogP contribution is 2.18. The molecule has 2 aromatic rings. The lowest BCUT2D eigenvalue weighted by molar-refractivity contribution is -0.130. The van der Waals surface area contributed by atoms with Gasteiger partial charge in [0.05, 0.1) is 18.6 Å². The van der Waals surface area contributed by atoms with Gasteiger partial charge in [0.1, 0.15) is 0 Å². The lowest BCUT2D eigenvalue weighted by Crippen LogP contribution is -2.43. The molecule has 23 heavy (non-hydrogen) atoms. The van der Waals surface area contributed by atoms with Crippen molar-refractivity contribution in [2.24, 2.45) is 5.41 Å². The second-order valence-electron chi connectivity index (χ2n) is 5.69. The molecule has 0 bridgehead atoms. The number of sulfonamides is 1. The number of imidazole rings is 1. The number of H-pyrrole nitrogens is 1. The predicted molar refractivity (Wildman–Crippen MR) is 83.8 cm³/mol. The third kappa shape index (κ3) is 4.64. The van der Waals surface area contributed by atoms with Crippen molar-refractivity contribution in [3.8, 4) is 0 Å². The molecule has 2 rings (SSSR count). The van der Waals surface area contributed by atoms with E-state index in [1.54, 1.807) is 13.8 Å². The smallest absolute Gasteiger partial charge is 0.297 e. The van der Waals surface area contributed by atoms with Gasteiger partial charge in [0.2, 0.25) is 11.1 Å². The molecule has 0 saturated heterocycles. The Hall–Kier alpha value is -2.19. The van der Waals surface area contributed by atoms with Crippen LogP contribution in [0.25, 0.3) is 0 Å². The molecule has 1 amide bonds. The molecule has 2 N–H and O–H groups in total. The highest BCUT2D eigenvalue weighted by molar-refractivity contribution is 7.89. The van der Waals surface area contributed by atoms with Crippen molar-refractivity contribution in [2.45, 2.75) is 25.6 Å². The molecule has 0 fully saturated rings. The first kappa shape index (κ1) is 17.2. The summed E-state index contributed by atoms with van der Waals surface area (Å²) in [4.78, 5) is 18.3. The van der Waals surface area contributed by atoms with Gasteiger partial charge in [-0.2, -0.15) is 8.42 Å². The number of aromatic nitrogens is 2. The summed E-state index contributed by atoms with van der Waals surface area (Å²) in [6.45, 7) is 3.67. The summed E-state index contributed by atoms with van der Waals surface area (Å²) >= 11 is 0. The van der Waals surface area contributed by atoms with E-state index in [4.69, 9.17) is 4.74 Å². The topological polar surface area (TPSA) is 101 Å². The van der Waals surface area contributed by atoms with Gasteiger partial charge in [-0.3, -0.25) is 4.79 Å². The number of aromatic amines is 1. The molecule has 0 radical (unpaired) electrons. The van der Waals surface area contributed by atoms with Crippen LogP contribution >= 0.6 is 0 Å². The molecular weight excluding hydrogens is 318 g/mol. The zero-order valence-corrected chi connectivity index (χ0v) is 13.8. The molecule has 1 aromatic heterocycles. The van der Waals surface area contributed by atoms with Crippen molar-refractivity contribution >= 4 is 15.9 Å². The average molecular weight is 337 g/mol. The summed E-state index contributed by atoms with van der Waals surface area (Å²) in [5, 5.41) is -0.299. The largest absolute Gasteiger partial charge is 0.376 e. The molecule has 0 spiro atoms. The van der Waals surface area contributed by atoms with Crippen LogP contribution in [0.5, 0.6) is 0 Å². The average Bonchev–Trinajstić information content (AvgIpc) is 3.03. The molecular formula is C15H19N3O4S. The molecule has 0 saturated carbocycles. The van der Waals surface area contributed by atoms with Gasteiger partial charge in [-0.05, 0) is 19.4 Å². The SMILES string of the molecule is CC(C)(COCc1ccccc1)C(=O)NS(=O)(=O)c1ncc[nH]1. The van der Waals surface area contributed by atoms with Crippen LogP contribution in [0.3, 0.4) is 0 Å². The fourth-order valence-electron chi connectivity index (χ4n) is 1.77. The van der Waals surface area contributed by atoms with Crippen molar-refractivity contribution < 1.29 is 17.9 Å². The lowest BCUT2D eigenvalue weighted by Gasteiger charge is -2.23. The number of amides is 1. The number of nitrogens with zero attached hydrogens (tertiary/aromatic N) is 1. The standard InChI is InChI=1S/C15H19N3O4S/c1-15(2,11-22-10-12-6-4-3-5-7-12)13(19)18-23(20,21)14-16-8-9-17-14/h3-9H,10-11H2,1-2H3,(H,16,17)(H,18,19). The van der Waals surface area contributed by atoms with Crippen LogP contribution in [-0.2, 0) is 26.2 Å². The first-order valence-electron chi connectivity index (χ1n) is 6.99. The normalized spacial score (nSPS) is 12.1. The Morgan fingerprint density at radius 3 is 2.61 bits per heavy atom. The fraction of sp³-hybridized carbons (Fsp3) is 0.333. The molecule has 124 valence electrons. The van der Waals surface area contributed by atoms with Gasteiger partial charge in [-0.15, -0.1) is 0 Å². The van der Waals surface area contributed by atoms with Crippen LogP contribution in [-0.4, -0.2) is 30.9 Å². The molecule has 0 unspecified atom stereocenters. The molecule has 7 nitrogen and oxygen atoms in total. The minimum atomic E-state index is -4.00. The molecule has 0 aliphatic carbocycles. The Balaban J connectivity index is 1.92. The number of carbonyl (C=O) groups is 1. The van der Waals surface area contributed by atoms with E-state index < -0.39 is 21.3 Å². The van der Waals surface area contributed by atoms with E-state index in [2.05, 4.69) is 9.97 Å². The van der Waals surface area contributed by atoms with E-state index in [0.29, 0.717) is 6.61 Å². The van der Waals surface area contributed by atoms with E-state index in [1.807, 2.05) is 35.1 Å². The van der Waals surface area contributed by atoms with Crippen molar-refractivity contribution in [3.05, 3.63) is 48.3 Å². The molecule has 8 heteroatoms. The quantitative estimate of drug-likeness (QED) is 0.796. The van der Waals surface area contributed by atoms with E-state index in [-0.39, 0.29) is 11.8 Å². The predicted octanol–water partition coefficient (Wildman–Crippen LogP) is 1.46. The Bertz CT molecular complexity index is 740. The molecule has 0 aliphatic rings. The summed E-state index contributed by atoms with van der Waals surface area (Å²) in [5.74, 6) is -0.651. The van der Waals surface area contributed by atoms with Gasteiger partial charge in [-0.25, -0.2) is 9.71 Å².